The average molecular weight is 1440 g/mol. The van der Waals surface area contributed by atoms with E-state index < -0.39 is 0 Å². The highest BCUT2D eigenvalue weighted by Gasteiger charge is 2.47. The van der Waals surface area contributed by atoms with Crippen LogP contribution in [0, 0.1) is 37.5 Å². The summed E-state index contributed by atoms with van der Waals surface area (Å²) in [6.45, 7) is 25.3. The lowest BCUT2D eigenvalue weighted by Crippen LogP contribution is -2.34. The number of hydrogen-bond acceptors (Lipinski definition) is 8. The molecule has 0 bridgehead atoms. The number of nitrogens with zero attached hydrogens (tertiary/aromatic N) is 4. The van der Waals surface area contributed by atoms with Crippen LogP contribution in [0.2, 0.25) is 0 Å². The third-order valence-electron chi connectivity index (χ3n) is 15.8. The summed E-state index contributed by atoms with van der Waals surface area (Å²) in [6, 6.07) is 8.40. The maximum absolute atomic E-state index is 14.0. The lowest BCUT2D eigenvalue weighted by Gasteiger charge is -2.24. The van der Waals surface area contributed by atoms with E-state index in [1.807, 2.05) is 19.6 Å². The van der Waals surface area contributed by atoms with Gasteiger partial charge in [-0.1, -0.05) is 155 Å². The zero-order chi connectivity index (χ0) is 57.8. The molecule has 0 radical (unpaired) electrons. The van der Waals surface area contributed by atoms with Crippen LogP contribution in [0.5, 0.6) is 0 Å². The quantitative estimate of drug-likeness (QED) is 0.0463. The zero-order valence-electron chi connectivity index (χ0n) is 48.3. The summed E-state index contributed by atoms with van der Waals surface area (Å²) < 4.78 is 1.98. The molecule has 8 rings (SSSR count). The van der Waals surface area contributed by atoms with Crippen LogP contribution in [-0.2, 0) is 19.2 Å². The van der Waals surface area contributed by atoms with Crippen molar-refractivity contribution in [1.29, 1.82) is 0 Å². The molecule has 8 nitrogen and oxygen atoms in total. The Bertz CT molecular complexity index is 2460. The summed E-state index contributed by atoms with van der Waals surface area (Å²) in [6.07, 6.45) is 18.1. The molecule has 4 amide bonds. The minimum Gasteiger partial charge on any atom is -0.307 e. The molecule has 0 aromatic carbocycles. The third-order valence-corrected chi connectivity index (χ3v) is 51.7. The van der Waals surface area contributed by atoms with Gasteiger partial charge in [-0.25, -0.2) is 0 Å². The molecular weight excluding hydrogens is 1350 g/mol. The van der Waals surface area contributed by atoms with Crippen LogP contribution in [0.15, 0.2) is 31.8 Å². The first kappa shape index (κ1) is 73.6. The van der Waals surface area contributed by atoms with Gasteiger partial charge in [0.25, 0.3) is 23.6 Å². The molecule has 0 fully saturated rings. The van der Waals surface area contributed by atoms with E-state index in [1.165, 1.54) is 48.3 Å². The molecule has 21 heteroatoms. The number of aryl methyl sites for hydroxylation is 2. The Kier molecular flexibility index (Phi) is 32.1. The van der Waals surface area contributed by atoms with Crippen LogP contribution in [0.25, 0.3) is 22.3 Å². The van der Waals surface area contributed by atoms with E-state index in [4.69, 9.17) is 0 Å². The standard InChI is InChI=1S/C30H42N2O2S2.C28H36Br2N2O2S2.2CH4.H9P7/c1-7-11-13-21(9-3)17-31-23-15-19(5)35-27(23)25(29(31)33)26-28-24(16-20(6)36-28)32(30(26)34)18-22(10-4)14-12-8-2;1-5-9-11-17(7-3)15-31-19-13-21(29)35-25(19)23(27(31)33)24-26-20(14-22(30)36-26)32(28(24)34)16-18(8-4)12-10-6-2;;;1-5-7(4)6(2)3/h15-16,21-22H,7-14,17-18H2,1-6H3;13-14,17-18H,5-12,15-16H2,1-4H3;2*1H4;5H,1-4H2/b26-25+;24-23+;;;. The lowest BCUT2D eigenvalue weighted by atomic mass is 9.98. The molecule has 0 spiro atoms. The number of anilines is 4. The van der Waals surface area contributed by atoms with Crippen LogP contribution < -0.4 is 19.6 Å². The summed E-state index contributed by atoms with van der Waals surface area (Å²) in [4.78, 5) is 70.2. The second kappa shape index (κ2) is 35.4. The second-order valence-corrected chi connectivity index (χ2v) is 50.9. The summed E-state index contributed by atoms with van der Waals surface area (Å²) in [7, 11) is 12.4. The maximum Gasteiger partial charge on any atom is 0.260 e. The summed E-state index contributed by atoms with van der Waals surface area (Å²) in [5, 5.41) is 0. The molecule has 452 valence electrons. The van der Waals surface area contributed by atoms with Crippen molar-refractivity contribution in [2.24, 2.45) is 23.7 Å². The number of carbonyl (C=O) groups excluding carboxylic acids is 4. The molecule has 4 aliphatic heterocycles. The first-order valence-corrected chi connectivity index (χ1v) is 45.5. The lowest BCUT2D eigenvalue weighted by molar-refractivity contribution is -0.114. The minimum absolute atomic E-state index is 0. The molecule has 0 aliphatic carbocycles. The molecule has 81 heavy (non-hydrogen) atoms. The predicted molar refractivity (Wildman–Crippen MR) is 393 cm³/mol. The average Bonchev–Trinajstić information content (AvgIpc) is 3.64. The first-order valence-electron chi connectivity index (χ1n) is 28.7. The van der Waals surface area contributed by atoms with Gasteiger partial charge >= 0.3 is 0 Å². The Hall–Kier alpha value is 0.130. The molecule has 0 saturated heterocycles. The van der Waals surface area contributed by atoms with Crippen LogP contribution in [0.3, 0.4) is 0 Å². The Labute approximate surface area is 535 Å². The largest absolute Gasteiger partial charge is 0.307 e. The Morgan fingerprint density at radius 2 is 0.704 bits per heavy atom. The number of halogens is 2. The van der Waals surface area contributed by atoms with Gasteiger partial charge in [-0.05, 0) is 133 Å². The van der Waals surface area contributed by atoms with Crippen LogP contribution in [0.4, 0.5) is 22.7 Å². The molecule has 4 aromatic rings. The van der Waals surface area contributed by atoms with Gasteiger partial charge in [-0.15, -0.1) is 81.1 Å². The fraction of sp³-hybridized carbons (Fsp3) is 0.600. The number of fused-ring (bicyclic) bond motifs is 4. The van der Waals surface area contributed by atoms with Crippen molar-refractivity contribution < 1.29 is 19.2 Å². The van der Waals surface area contributed by atoms with E-state index >= 15 is 0 Å². The second-order valence-electron chi connectivity index (χ2n) is 21.4. The Morgan fingerprint density at radius 1 is 0.457 bits per heavy atom. The maximum atomic E-state index is 14.0. The highest BCUT2D eigenvalue weighted by atomic mass is 79.9. The highest BCUT2D eigenvalue weighted by Crippen LogP contribution is 2.92. The molecule has 4 aliphatic rings. The minimum atomic E-state index is -0.0163. The molecule has 10 unspecified atom stereocenters. The van der Waals surface area contributed by atoms with Crippen molar-refractivity contribution in [2.75, 3.05) is 45.8 Å². The van der Waals surface area contributed by atoms with E-state index in [0.717, 1.165) is 135 Å². The number of unbranched alkanes of at least 4 members (excludes halogenated alkanes) is 4. The number of hydrogen-bond donors (Lipinski definition) is 0. The van der Waals surface area contributed by atoms with E-state index in [0.29, 0.717) is 59.1 Å². The van der Waals surface area contributed by atoms with E-state index in [9.17, 15) is 19.2 Å². The number of rotatable bonds is 26. The van der Waals surface area contributed by atoms with Gasteiger partial charge in [0.15, 0.2) is 0 Å². The number of amides is 4. The molecule has 0 N–H and O–H groups in total. The molecular formula is C60H95Br2N4O4P7S4. The number of carbonyl (C=O) groups is 4. The SMILES string of the molecule is C.C.CCCCC(CC)CN1C(=O)/C(=C2/C(=O)N(CC(CC)CCCC)c3cc(Br)sc32)c2sc(Br)cc21.CCCCC(CC)CN1C(=O)/C(=C2/C(=O)N(CC(CC)CCCC)c3cc(C)sc32)c2sc(C)cc21.PPP(P)P(P)P. The molecule has 0 saturated carbocycles. The Morgan fingerprint density at radius 3 is 0.914 bits per heavy atom. The summed E-state index contributed by atoms with van der Waals surface area (Å²) in [5.41, 5.74) is 6.40. The Balaban J connectivity index is 0.000000305. The van der Waals surface area contributed by atoms with Gasteiger partial charge in [0, 0.05) is 35.9 Å². The van der Waals surface area contributed by atoms with Crippen LogP contribution in [-0.4, -0.2) is 49.8 Å². The smallest absolute Gasteiger partial charge is 0.260 e. The van der Waals surface area contributed by atoms with Crippen molar-refractivity contribution >= 4 is 204 Å². The molecule has 4 aromatic heterocycles. The first-order chi connectivity index (χ1) is 37.9. The van der Waals surface area contributed by atoms with Gasteiger partial charge in [0.1, 0.15) is 0 Å². The van der Waals surface area contributed by atoms with Crippen molar-refractivity contribution in [3.8, 4) is 0 Å². The van der Waals surface area contributed by atoms with Gasteiger partial charge in [0.05, 0.1) is 72.1 Å². The fourth-order valence-corrected chi connectivity index (χ4v) is 32.5. The van der Waals surface area contributed by atoms with Crippen molar-refractivity contribution in [1.82, 2.24) is 0 Å². The van der Waals surface area contributed by atoms with Gasteiger partial charge in [0.2, 0.25) is 0 Å². The highest BCUT2D eigenvalue weighted by molar-refractivity contribution is 9.11. The fourth-order valence-electron chi connectivity index (χ4n) is 11.0. The molecule has 10 atom stereocenters. The zero-order valence-corrected chi connectivity index (χ0v) is 62.1. The summed E-state index contributed by atoms with van der Waals surface area (Å²) >= 11 is 13.8. The van der Waals surface area contributed by atoms with Gasteiger partial charge < -0.3 is 19.6 Å². The van der Waals surface area contributed by atoms with Crippen molar-refractivity contribution in [3.05, 3.63) is 61.1 Å². The topological polar surface area (TPSA) is 81.2 Å². The molecule has 8 heterocycles. The predicted octanol–water partition coefficient (Wildman–Crippen LogP) is 22.7. The van der Waals surface area contributed by atoms with Crippen LogP contribution in [0.1, 0.15) is 202 Å². The monoisotopic (exact) mass is 1440 g/mol. The van der Waals surface area contributed by atoms with E-state index in [-0.39, 0.29) is 52.5 Å². The van der Waals surface area contributed by atoms with Crippen molar-refractivity contribution in [2.45, 2.75) is 187 Å². The third kappa shape index (κ3) is 17.7. The van der Waals surface area contributed by atoms with E-state index in [1.54, 1.807) is 45.3 Å². The summed E-state index contributed by atoms with van der Waals surface area (Å²) in [5.74, 6) is 1.87. The van der Waals surface area contributed by atoms with Gasteiger partial charge in [-0.3, -0.25) is 19.2 Å². The van der Waals surface area contributed by atoms with Crippen LogP contribution >= 0.6 is 135 Å². The number of thiophene rings is 4. The van der Waals surface area contributed by atoms with Gasteiger partial charge in [-0.2, -0.15) is 0 Å². The normalized spacial score (nSPS) is 18.2. The van der Waals surface area contributed by atoms with Crippen molar-refractivity contribution in [3.63, 3.8) is 0 Å². The van der Waals surface area contributed by atoms with E-state index in [2.05, 4.69) is 161 Å².